The molecule has 5 nitrogen and oxygen atoms in total. The third kappa shape index (κ3) is 4.73. The first-order valence-corrected chi connectivity index (χ1v) is 6.84. The molecule has 6 heteroatoms. The lowest BCUT2D eigenvalue weighted by Gasteiger charge is -2.16. The molecule has 110 valence electrons. The number of nitrogen functional groups attached to an aromatic ring is 1. The third-order valence-corrected chi connectivity index (χ3v) is 3.18. The van der Waals surface area contributed by atoms with Gasteiger partial charge in [-0.05, 0) is 36.9 Å². The van der Waals surface area contributed by atoms with Crippen molar-refractivity contribution in [2.24, 2.45) is 0 Å². The van der Waals surface area contributed by atoms with E-state index in [4.69, 9.17) is 17.3 Å². The summed E-state index contributed by atoms with van der Waals surface area (Å²) in [6.07, 6.45) is 3.50. The summed E-state index contributed by atoms with van der Waals surface area (Å²) >= 11 is 6.01. The molecule has 0 bridgehead atoms. The minimum Gasteiger partial charge on any atom is -0.399 e. The van der Waals surface area contributed by atoms with Crippen molar-refractivity contribution in [1.29, 1.82) is 0 Å². The first-order chi connectivity index (χ1) is 10.0. The van der Waals surface area contributed by atoms with Gasteiger partial charge in [0.25, 0.3) is 0 Å². The van der Waals surface area contributed by atoms with Gasteiger partial charge in [0.2, 0.25) is 5.91 Å². The molecule has 0 saturated heterocycles. The zero-order valence-corrected chi connectivity index (χ0v) is 12.5. The Hall–Kier alpha value is -2.11. The number of benzene rings is 1. The van der Waals surface area contributed by atoms with Crippen LogP contribution >= 0.6 is 11.6 Å². The molecule has 1 amide bonds. The van der Waals surface area contributed by atoms with E-state index in [0.717, 1.165) is 5.56 Å². The van der Waals surface area contributed by atoms with Crippen molar-refractivity contribution in [2.45, 2.75) is 6.54 Å². The lowest BCUT2D eigenvalue weighted by atomic mass is 10.2. The van der Waals surface area contributed by atoms with E-state index in [0.29, 0.717) is 22.9 Å². The fourth-order valence-electron chi connectivity index (χ4n) is 1.93. The van der Waals surface area contributed by atoms with E-state index >= 15 is 0 Å². The van der Waals surface area contributed by atoms with Crippen LogP contribution in [0.5, 0.6) is 0 Å². The van der Waals surface area contributed by atoms with Crippen LogP contribution in [0, 0.1) is 0 Å². The molecule has 1 heterocycles. The van der Waals surface area contributed by atoms with Crippen molar-refractivity contribution in [2.75, 3.05) is 24.6 Å². The number of nitrogens with one attached hydrogen (secondary N) is 1. The lowest BCUT2D eigenvalue weighted by Crippen LogP contribution is -2.30. The lowest BCUT2D eigenvalue weighted by molar-refractivity contribution is -0.117. The molecule has 21 heavy (non-hydrogen) atoms. The first-order valence-electron chi connectivity index (χ1n) is 6.47. The van der Waals surface area contributed by atoms with Gasteiger partial charge in [-0.1, -0.05) is 17.7 Å². The normalized spacial score (nSPS) is 10.6. The number of hydrogen-bond donors (Lipinski definition) is 2. The second-order valence-electron chi connectivity index (χ2n) is 4.82. The third-order valence-electron chi connectivity index (χ3n) is 2.85. The van der Waals surface area contributed by atoms with E-state index in [-0.39, 0.29) is 12.5 Å². The Balaban J connectivity index is 1.91. The van der Waals surface area contributed by atoms with Crippen LogP contribution in [0.1, 0.15) is 5.56 Å². The summed E-state index contributed by atoms with van der Waals surface area (Å²) in [5.74, 6) is -0.145. The average molecular weight is 305 g/mol. The topological polar surface area (TPSA) is 71.2 Å². The summed E-state index contributed by atoms with van der Waals surface area (Å²) in [6, 6.07) is 8.83. The number of carbonyl (C=O) groups excluding carboxylic acids is 1. The molecular formula is C15H17ClN4O. The van der Waals surface area contributed by atoms with Crippen LogP contribution in [0.4, 0.5) is 11.4 Å². The maximum atomic E-state index is 12.0. The van der Waals surface area contributed by atoms with Gasteiger partial charge in [0.1, 0.15) is 0 Å². The Morgan fingerprint density at radius 1 is 1.43 bits per heavy atom. The zero-order valence-electron chi connectivity index (χ0n) is 11.7. The van der Waals surface area contributed by atoms with E-state index in [1.807, 2.05) is 24.1 Å². The summed E-state index contributed by atoms with van der Waals surface area (Å²) in [7, 11) is 1.87. The molecule has 0 radical (unpaired) electrons. The van der Waals surface area contributed by atoms with E-state index in [1.54, 1.807) is 30.6 Å². The number of nitrogens with two attached hydrogens (primary N) is 1. The van der Waals surface area contributed by atoms with E-state index in [9.17, 15) is 4.79 Å². The number of pyridine rings is 1. The highest BCUT2D eigenvalue weighted by Gasteiger charge is 2.09. The highest BCUT2D eigenvalue weighted by atomic mass is 35.5. The second-order valence-corrected chi connectivity index (χ2v) is 5.23. The van der Waals surface area contributed by atoms with Crippen molar-refractivity contribution in [3.05, 3.63) is 53.3 Å². The molecule has 0 spiro atoms. The highest BCUT2D eigenvalue weighted by molar-refractivity contribution is 6.33. The van der Waals surface area contributed by atoms with Gasteiger partial charge in [0.05, 0.1) is 17.3 Å². The van der Waals surface area contributed by atoms with Gasteiger partial charge in [0, 0.05) is 24.6 Å². The smallest absolute Gasteiger partial charge is 0.238 e. The number of amides is 1. The Bertz CT molecular complexity index is 618. The van der Waals surface area contributed by atoms with Gasteiger partial charge in [-0.15, -0.1) is 0 Å². The van der Waals surface area contributed by atoms with Crippen molar-refractivity contribution >= 4 is 28.9 Å². The van der Waals surface area contributed by atoms with Crippen LogP contribution in [-0.4, -0.2) is 29.4 Å². The second kappa shape index (κ2) is 7.06. The molecule has 0 aliphatic carbocycles. The molecular weight excluding hydrogens is 288 g/mol. The SMILES string of the molecule is CN(CC(=O)Nc1cc(N)ccc1Cl)Cc1cccnc1. The van der Waals surface area contributed by atoms with E-state index < -0.39 is 0 Å². The van der Waals surface area contributed by atoms with Crippen LogP contribution in [0.15, 0.2) is 42.7 Å². The van der Waals surface area contributed by atoms with E-state index in [1.165, 1.54) is 0 Å². The minimum absolute atomic E-state index is 0.145. The number of likely N-dealkylation sites (N-methyl/N-ethyl adjacent to an activating group) is 1. The standard InChI is InChI=1S/C15H17ClN4O/c1-20(9-11-3-2-6-18-8-11)10-15(21)19-14-7-12(17)4-5-13(14)16/h2-8H,9-10,17H2,1H3,(H,19,21). The van der Waals surface area contributed by atoms with Crippen LogP contribution < -0.4 is 11.1 Å². The van der Waals surface area contributed by atoms with Gasteiger partial charge in [-0.25, -0.2) is 0 Å². The Morgan fingerprint density at radius 2 is 2.24 bits per heavy atom. The maximum Gasteiger partial charge on any atom is 0.238 e. The summed E-state index contributed by atoms with van der Waals surface area (Å²) in [5, 5.41) is 3.22. The first kappa shape index (κ1) is 15.3. The number of aromatic nitrogens is 1. The minimum atomic E-state index is -0.145. The fourth-order valence-corrected chi connectivity index (χ4v) is 2.10. The molecule has 2 aromatic rings. The van der Waals surface area contributed by atoms with Crippen LogP contribution in [-0.2, 0) is 11.3 Å². The van der Waals surface area contributed by atoms with Crippen LogP contribution in [0.3, 0.4) is 0 Å². The van der Waals surface area contributed by atoms with Crippen molar-refractivity contribution < 1.29 is 4.79 Å². The summed E-state index contributed by atoms with van der Waals surface area (Å²) in [6.45, 7) is 0.895. The van der Waals surface area contributed by atoms with Gasteiger partial charge < -0.3 is 11.1 Å². The Morgan fingerprint density at radius 3 is 2.95 bits per heavy atom. The van der Waals surface area contributed by atoms with Gasteiger partial charge in [-0.2, -0.15) is 0 Å². The van der Waals surface area contributed by atoms with Crippen LogP contribution in [0.25, 0.3) is 0 Å². The van der Waals surface area contributed by atoms with Crippen molar-refractivity contribution in [3.8, 4) is 0 Å². The Kier molecular flexibility index (Phi) is 5.14. The molecule has 2 rings (SSSR count). The highest BCUT2D eigenvalue weighted by Crippen LogP contribution is 2.23. The number of halogens is 1. The zero-order chi connectivity index (χ0) is 15.2. The predicted octanol–water partition coefficient (Wildman–Crippen LogP) is 2.39. The van der Waals surface area contributed by atoms with Crippen LogP contribution in [0.2, 0.25) is 5.02 Å². The maximum absolute atomic E-state index is 12.0. The molecule has 0 atom stereocenters. The van der Waals surface area contributed by atoms with Crippen molar-refractivity contribution in [1.82, 2.24) is 9.88 Å². The molecule has 3 N–H and O–H groups in total. The molecule has 1 aromatic carbocycles. The monoisotopic (exact) mass is 304 g/mol. The van der Waals surface area contributed by atoms with Crippen molar-refractivity contribution in [3.63, 3.8) is 0 Å². The van der Waals surface area contributed by atoms with Gasteiger partial charge in [0.15, 0.2) is 0 Å². The number of anilines is 2. The predicted molar refractivity (Wildman–Crippen MR) is 85.1 cm³/mol. The molecule has 0 aliphatic rings. The number of hydrogen-bond acceptors (Lipinski definition) is 4. The average Bonchev–Trinajstić information content (AvgIpc) is 2.43. The Labute approximate surface area is 128 Å². The quantitative estimate of drug-likeness (QED) is 0.832. The van der Waals surface area contributed by atoms with Gasteiger partial charge in [-0.3, -0.25) is 14.7 Å². The van der Waals surface area contributed by atoms with E-state index in [2.05, 4.69) is 10.3 Å². The molecule has 0 unspecified atom stereocenters. The molecule has 0 fully saturated rings. The van der Waals surface area contributed by atoms with Gasteiger partial charge >= 0.3 is 0 Å². The molecule has 0 aliphatic heterocycles. The number of nitrogens with zero attached hydrogens (tertiary/aromatic N) is 2. The fraction of sp³-hybridized carbons (Fsp3) is 0.200. The summed E-state index contributed by atoms with van der Waals surface area (Å²) in [4.78, 5) is 18.0. The molecule has 0 saturated carbocycles. The number of carbonyl (C=O) groups is 1. The largest absolute Gasteiger partial charge is 0.399 e. The number of rotatable bonds is 5. The summed E-state index contributed by atoms with van der Waals surface area (Å²) < 4.78 is 0. The molecule has 1 aromatic heterocycles. The summed E-state index contributed by atoms with van der Waals surface area (Å²) in [5.41, 5.74) is 7.81.